The molecule has 2 fully saturated rings. The molecule has 0 bridgehead atoms. The van der Waals surface area contributed by atoms with Crippen LogP contribution in [-0.4, -0.2) is 73.0 Å². The minimum absolute atomic E-state index is 0. The number of rotatable bonds is 6. The molecule has 0 aliphatic carbocycles. The van der Waals surface area contributed by atoms with Crippen LogP contribution in [0.1, 0.15) is 45.1 Å². The Morgan fingerprint density at radius 2 is 1.58 bits per heavy atom. The zero-order valence-electron chi connectivity index (χ0n) is 19.5. The summed E-state index contributed by atoms with van der Waals surface area (Å²) < 4.78 is 5.39. The van der Waals surface area contributed by atoms with Crippen molar-refractivity contribution >= 4 is 48.3 Å². The lowest BCUT2D eigenvalue weighted by Gasteiger charge is -2.40. The quantitative estimate of drug-likeness (QED) is 0.352. The van der Waals surface area contributed by atoms with Crippen molar-refractivity contribution in [3.8, 4) is 0 Å². The number of esters is 1. The van der Waals surface area contributed by atoms with E-state index in [0.29, 0.717) is 44.1 Å². The monoisotopic (exact) mass is 501 g/mol. The second kappa shape index (κ2) is 13.5. The van der Waals surface area contributed by atoms with Crippen molar-refractivity contribution in [1.82, 2.24) is 9.80 Å². The predicted molar refractivity (Wildman–Crippen MR) is 136 cm³/mol. The number of ether oxygens (including phenoxy) is 1. The number of nitrogens with one attached hydrogen (secondary N) is 1. The maximum atomic E-state index is 12.9. The number of benzene rings is 1. The molecule has 3 N–H and O–H groups in total. The van der Waals surface area contributed by atoms with Gasteiger partial charge >= 0.3 is 12.0 Å². The lowest BCUT2D eigenvalue weighted by molar-refractivity contribution is -0.149. The first kappa shape index (κ1) is 28.8. The summed E-state index contributed by atoms with van der Waals surface area (Å²) >= 11 is 0. The lowest BCUT2D eigenvalue weighted by atomic mass is 9.94. The summed E-state index contributed by atoms with van der Waals surface area (Å²) in [4.78, 5) is 31.0. The molecule has 8 nitrogen and oxygen atoms in total. The van der Waals surface area contributed by atoms with Gasteiger partial charge in [0.1, 0.15) is 5.84 Å². The summed E-state index contributed by atoms with van der Waals surface area (Å²) in [7, 11) is 0. The highest BCUT2D eigenvalue weighted by Crippen LogP contribution is 2.23. The van der Waals surface area contributed by atoms with Crippen LogP contribution in [0, 0.1) is 11.3 Å². The molecule has 2 aliphatic rings. The van der Waals surface area contributed by atoms with Crippen LogP contribution < -0.4 is 10.6 Å². The van der Waals surface area contributed by atoms with E-state index in [1.807, 2.05) is 47.9 Å². The molecule has 2 heterocycles. The molecule has 2 saturated heterocycles. The third-order valence-electron chi connectivity index (χ3n) is 6.34. The molecule has 0 unspecified atom stereocenters. The van der Waals surface area contributed by atoms with Gasteiger partial charge in [-0.1, -0.05) is 6.92 Å². The summed E-state index contributed by atoms with van der Waals surface area (Å²) in [6, 6.07) is 7.78. The molecule has 10 heteroatoms. The van der Waals surface area contributed by atoms with Crippen LogP contribution in [0.4, 0.5) is 10.5 Å². The number of nitrogens with two attached hydrogens (primary N) is 1. The number of nitrogens with zero attached hydrogens (tertiary/aromatic N) is 3. The number of amidine groups is 1. The van der Waals surface area contributed by atoms with E-state index in [1.54, 1.807) is 0 Å². The number of piperidine rings is 1. The first-order valence-electron chi connectivity index (χ1n) is 11.3. The fourth-order valence-electron chi connectivity index (χ4n) is 4.13. The van der Waals surface area contributed by atoms with Gasteiger partial charge < -0.3 is 25.2 Å². The summed E-state index contributed by atoms with van der Waals surface area (Å²) in [6.07, 6.45) is 2.96. The summed E-state index contributed by atoms with van der Waals surface area (Å²) in [5.74, 6) is 0.250. The molecular formula is C23H37Cl2N5O3. The minimum Gasteiger partial charge on any atom is -0.463 e. The number of amides is 2. The number of hydrogen-bond donors (Lipinski definition) is 2. The van der Waals surface area contributed by atoms with Gasteiger partial charge in [0.2, 0.25) is 0 Å². The highest BCUT2D eigenvalue weighted by Gasteiger charge is 2.29. The number of nitrogen functional groups attached to an aromatic ring is 1. The zero-order chi connectivity index (χ0) is 22.4. The van der Waals surface area contributed by atoms with E-state index in [0.717, 1.165) is 38.0 Å². The highest BCUT2D eigenvalue weighted by atomic mass is 35.5. The summed E-state index contributed by atoms with van der Waals surface area (Å²) in [6.45, 7) is 8.26. The van der Waals surface area contributed by atoms with Crippen LogP contribution in [0.2, 0.25) is 0 Å². The molecule has 0 spiro atoms. The Hall–Kier alpha value is -2.19. The van der Waals surface area contributed by atoms with E-state index in [-0.39, 0.29) is 48.8 Å². The number of carbonyl (C=O) groups excluding carboxylic acids is 2. The number of piperazine rings is 1. The molecule has 3 rings (SSSR count). The van der Waals surface area contributed by atoms with Crippen LogP contribution in [0.3, 0.4) is 0 Å². The van der Waals surface area contributed by atoms with E-state index >= 15 is 0 Å². The van der Waals surface area contributed by atoms with Gasteiger partial charge in [-0.05, 0) is 56.4 Å². The summed E-state index contributed by atoms with van der Waals surface area (Å²) in [5, 5.41) is 7.49. The molecule has 186 valence electrons. The van der Waals surface area contributed by atoms with E-state index in [9.17, 15) is 9.59 Å². The molecule has 1 aromatic carbocycles. The molecule has 2 amide bonds. The van der Waals surface area contributed by atoms with Gasteiger partial charge in [-0.3, -0.25) is 10.2 Å². The number of carbonyl (C=O) groups is 2. The van der Waals surface area contributed by atoms with Crippen LogP contribution in [0.15, 0.2) is 24.3 Å². The van der Waals surface area contributed by atoms with Gasteiger partial charge in [0.05, 0.1) is 6.10 Å². The maximum absolute atomic E-state index is 12.9. The Kier molecular flexibility index (Phi) is 11.8. The highest BCUT2D eigenvalue weighted by molar-refractivity contribution is 5.95. The SMILES string of the molecule is CC[C@H](C)OC(=O)CC1CCN(C(=O)N2CCN(c3ccc(C(=N)N)cc3)CC2)CC1.Cl.Cl. The normalized spacial score (nSPS) is 17.5. The first-order valence-corrected chi connectivity index (χ1v) is 11.3. The average Bonchev–Trinajstić information content (AvgIpc) is 2.79. The zero-order valence-corrected chi connectivity index (χ0v) is 21.1. The van der Waals surface area contributed by atoms with Crippen molar-refractivity contribution < 1.29 is 14.3 Å². The molecule has 33 heavy (non-hydrogen) atoms. The van der Waals surface area contributed by atoms with E-state index < -0.39 is 0 Å². The third kappa shape index (κ3) is 7.96. The Bertz CT molecular complexity index is 777. The standard InChI is InChI=1S/C23H35N5O3.2ClH/c1-3-17(2)31-21(29)16-18-8-10-27(11-9-18)23(30)28-14-12-26(13-15-28)20-6-4-19(5-7-20)22(24)25;;/h4-7,17-18H,3,8-16H2,1-2H3,(H3,24,25);2*1H/t17-;;/m0../s1. The van der Waals surface area contributed by atoms with Gasteiger partial charge in [-0.15, -0.1) is 24.8 Å². The molecule has 0 aromatic heterocycles. The minimum atomic E-state index is -0.119. The van der Waals surface area contributed by atoms with Crippen LogP contribution in [0.25, 0.3) is 0 Å². The average molecular weight is 502 g/mol. The second-order valence-electron chi connectivity index (χ2n) is 8.56. The largest absolute Gasteiger partial charge is 0.463 e. The number of halogens is 2. The number of anilines is 1. The number of hydrogen-bond acceptors (Lipinski definition) is 5. The molecule has 1 atom stereocenters. The Morgan fingerprint density at radius 3 is 2.09 bits per heavy atom. The van der Waals surface area contributed by atoms with Crippen LogP contribution in [-0.2, 0) is 9.53 Å². The maximum Gasteiger partial charge on any atom is 0.320 e. The predicted octanol–water partition coefficient (Wildman–Crippen LogP) is 3.50. The van der Waals surface area contributed by atoms with Gasteiger partial charge in [0, 0.05) is 56.9 Å². The smallest absolute Gasteiger partial charge is 0.320 e. The fourth-order valence-corrected chi connectivity index (χ4v) is 4.13. The number of urea groups is 1. The van der Waals surface area contributed by atoms with Gasteiger partial charge in [-0.2, -0.15) is 0 Å². The Morgan fingerprint density at radius 1 is 1.03 bits per heavy atom. The topological polar surface area (TPSA) is 103 Å². The second-order valence-corrected chi connectivity index (χ2v) is 8.56. The Labute approximate surface area is 209 Å². The van der Waals surface area contributed by atoms with Crippen molar-refractivity contribution in [1.29, 1.82) is 5.41 Å². The van der Waals surface area contributed by atoms with Crippen molar-refractivity contribution in [3.63, 3.8) is 0 Å². The van der Waals surface area contributed by atoms with E-state index in [1.165, 1.54) is 0 Å². The van der Waals surface area contributed by atoms with Crippen molar-refractivity contribution in [3.05, 3.63) is 29.8 Å². The third-order valence-corrected chi connectivity index (χ3v) is 6.34. The van der Waals surface area contributed by atoms with Gasteiger partial charge in [0.25, 0.3) is 0 Å². The van der Waals surface area contributed by atoms with Crippen LogP contribution >= 0.6 is 24.8 Å². The Balaban J connectivity index is 0.00000272. The molecule has 1 aromatic rings. The summed E-state index contributed by atoms with van der Waals surface area (Å²) in [5.41, 5.74) is 7.32. The van der Waals surface area contributed by atoms with Gasteiger partial charge in [0.15, 0.2) is 0 Å². The number of likely N-dealkylation sites (tertiary alicyclic amines) is 1. The molecule has 2 aliphatic heterocycles. The van der Waals surface area contributed by atoms with Crippen molar-refractivity contribution in [2.75, 3.05) is 44.2 Å². The van der Waals surface area contributed by atoms with Crippen molar-refractivity contribution in [2.24, 2.45) is 11.7 Å². The molecular weight excluding hydrogens is 465 g/mol. The molecule has 0 saturated carbocycles. The van der Waals surface area contributed by atoms with Crippen LogP contribution in [0.5, 0.6) is 0 Å². The van der Waals surface area contributed by atoms with E-state index in [2.05, 4.69) is 4.90 Å². The van der Waals surface area contributed by atoms with Crippen molar-refractivity contribution in [2.45, 2.75) is 45.6 Å². The van der Waals surface area contributed by atoms with Gasteiger partial charge in [-0.25, -0.2) is 4.79 Å². The lowest BCUT2D eigenvalue weighted by Crippen LogP contribution is -2.54. The molecule has 0 radical (unpaired) electrons. The first-order chi connectivity index (χ1) is 14.9. The van der Waals surface area contributed by atoms with E-state index in [4.69, 9.17) is 15.9 Å². The fraction of sp³-hybridized carbons (Fsp3) is 0.609.